The van der Waals surface area contributed by atoms with E-state index in [-0.39, 0.29) is 17.8 Å². The summed E-state index contributed by atoms with van der Waals surface area (Å²) >= 11 is 0. The van der Waals surface area contributed by atoms with Gasteiger partial charge in [-0.1, -0.05) is 0 Å². The molecule has 1 unspecified atom stereocenters. The number of carbonyl (C=O) groups excluding carboxylic acids is 1. The van der Waals surface area contributed by atoms with Crippen LogP contribution in [0, 0.1) is 5.82 Å². The van der Waals surface area contributed by atoms with Crippen LogP contribution in [-0.2, 0) is 4.79 Å². The lowest BCUT2D eigenvalue weighted by atomic mass is 10.1. The summed E-state index contributed by atoms with van der Waals surface area (Å²) in [5.74, 6) is 0.310. The molecule has 1 saturated heterocycles. The van der Waals surface area contributed by atoms with E-state index < -0.39 is 0 Å². The largest absolute Gasteiger partial charge is 0.353 e. The van der Waals surface area contributed by atoms with Gasteiger partial charge in [-0.05, 0) is 43.5 Å². The Labute approximate surface area is 161 Å². The molecule has 4 heterocycles. The average molecular weight is 380 g/mol. The quantitative estimate of drug-likeness (QED) is 0.689. The molecule has 3 aromatic rings. The fraction of sp³-hybridized carbons (Fsp3) is 0.300. The van der Waals surface area contributed by atoms with Crippen molar-refractivity contribution in [2.24, 2.45) is 0 Å². The van der Waals surface area contributed by atoms with E-state index in [0.29, 0.717) is 12.2 Å². The van der Waals surface area contributed by atoms with Gasteiger partial charge in [0.05, 0.1) is 18.4 Å². The summed E-state index contributed by atoms with van der Waals surface area (Å²) in [5, 5.41) is 7.01. The van der Waals surface area contributed by atoms with Crippen LogP contribution in [0.2, 0.25) is 0 Å². The van der Waals surface area contributed by atoms with E-state index in [2.05, 4.69) is 20.3 Å². The van der Waals surface area contributed by atoms with Crippen molar-refractivity contribution in [1.29, 1.82) is 0 Å². The highest BCUT2D eigenvalue weighted by atomic mass is 19.1. The Bertz CT molecular complexity index is 1030. The van der Waals surface area contributed by atoms with Crippen LogP contribution in [-0.4, -0.2) is 38.6 Å². The van der Waals surface area contributed by atoms with Crippen LogP contribution >= 0.6 is 0 Å². The van der Waals surface area contributed by atoms with Gasteiger partial charge in [-0.25, -0.2) is 13.9 Å². The zero-order valence-corrected chi connectivity index (χ0v) is 15.5. The zero-order chi connectivity index (χ0) is 19.5. The molecular weight excluding hydrogens is 359 g/mol. The summed E-state index contributed by atoms with van der Waals surface area (Å²) < 4.78 is 15.3. The van der Waals surface area contributed by atoms with E-state index in [1.807, 2.05) is 19.2 Å². The summed E-state index contributed by atoms with van der Waals surface area (Å²) in [4.78, 5) is 22.6. The van der Waals surface area contributed by atoms with Crippen molar-refractivity contribution < 1.29 is 9.18 Å². The molecule has 4 rings (SSSR count). The van der Waals surface area contributed by atoms with Crippen LogP contribution in [0.15, 0.2) is 43.0 Å². The van der Waals surface area contributed by atoms with Crippen molar-refractivity contribution in [1.82, 2.24) is 24.9 Å². The zero-order valence-electron chi connectivity index (χ0n) is 15.5. The highest BCUT2D eigenvalue weighted by Gasteiger charge is 2.28. The Balaban J connectivity index is 1.65. The number of rotatable bonds is 5. The number of aromatic nitrogens is 4. The number of hydrogen-bond donors (Lipinski definition) is 1. The molecule has 0 spiro atoms. The molecule has 1 amide bonds. The van der Waals surface area contributed by atoms with E-state index in [1.54, 1.807) is 23.0 Å². The van der Waals surface area contributed by atoms with Crippen LogP contribution in [0.25, 0.3) is 11.7 Å². The molecule has 8 heteroatoms. The van der Waals surface area contributed by atoms with Gasteiger partial charge in [0.25, 0.3) is 0 Å². The number of halogens is 1. The number of anilines is 1. The third kappa shape index (κ3) is 3.58. The van der Waals surface area contributed by atoms with Crippen LogP contribution in [0.3, 0.4) is 0 Å². The van der Waals surface area contributed by atoms with Gasteiger partial charge < -0.3 is 10.2 Å². The van der Waals surface area contributed by atoms with Crippen molar-refractivity contribution in [3.63, 3.8) is 0 Å². The molecule has 1 aliphatic rings. The predicted molar refractivity (Wildman–Crippen MR) is 104 cm³/mol. The number of fused-ring (bicyclic) bond motifs is 1. The first kappa shape index (κ1) is 18.1. The van der Waals surface area contributed by atoms with Crippen molar-refractivity contribution >= 4 is 23.4 Å². The van der Waals surface area contributed by atoms with Crippen molar-refractivity contribution in [2.75, 3.05) is 18.0 Å². The van der Waals surface area contributed by atoms with E-state index in [0.717, 1.165) is 36.3 Å². The first-order valence-electron chi connectivity index (χ1n) is 9.33. The molecule has 0 aliphatic carbocycles. The molecule has 0 radical (unpaired) electrons. The Morgan fingerprint density at radius 2 is 2.29 bits per heavy atom. The van der Waals surface area contributed by atoms with Crippen molar-refractivity contribution in [3.05, 3.63) is 59.9 Å². The minimum absolute atomic E-state index is 0.0374. The Hall–Kier alpha value is -3.29. The van der Waals surface area contributed by atoms with E-state index >= 15 is 0 Å². The second kappa shape index (κ2) is 7.75. The minimum atomic E-state index is -0.332. The maximum Gasteiger partial charge on any atom is 0.243 e. The summed E-state index contributed by atoms with van der Waals surface area (Å²) in [6, 6.07) is 3.48. The number of pyridine rings is 1. The molecule has 1 N–H and O–H groups in total. The van der Waals surface area contributed by atoms with Gasteiger partial charge in [0.2, 0.25) is 5.91 Å². The Morgan fingerprint density at radius 3 is 3.11 bits per heavy atom. The molecule has 0 aromatic carbocycles. The normalized spacial score (nSPS) is 16.9. The number of nitrogens with zero attached hydrogens (tertiary/aromatic N) is 5. The topological polar surface area (TPSA) is 75.4 Å². The second-order valence-corrected chi connectivity index (χ2v) is 6.67. The van der Waals surface area contributed by atoms with Gasteiger partial charge >= 0.3 is 0 Å². The number of amides is 1. The van der Waals surface area contributed by atoms with Gasteiger partial charge in [0, 0.05) is 37.1 Å². The van der Waals surface area contributed by atoms with E-state index in [1.165, 1.54) is 18.3 Å². The molecular formula is C20H21FN6O. The van der Waals surface area contributed by atoms with E-state index in [9.17, 15) is 9.18 Å². The molecule has 0 bridgehead atoms. The smallest absolute Gasteiger partial charge is 0.243 e. The Morgan fingerprint density at radius 1 is 1.39 bits per heavy atom. The molecule has 1 aliphatic heterocycles. The van der Waals surface area contributed by atoms with Crippen molar-refractivity contribution in [3.8, 4) is 0 Å². The van der Waals surface area contributed by atoms with E-state index in [4.69, 9.17) is 4.98 Å². The lowest BCUT2D eigenvalue weighted by Gasteiger charge is -2.26. The second-order valence-electron chi connectivity index (χ2n) is 6.67. The third-order valence-electron chi connectivity index (χ3n) is 4.80. The molecule has 144 valence electrons. The third-order valence-corrected chi connectivity index (χ3v) is 4.80. The van der Waals surface area contributed by atoms with Crippen LogP contribution in [0.1, 0.15) is 36.9 Å². The first-order chi connectivity index (χ1) is 13.7. The minimum Gasteiger partial charge on any atom is -0.353 e. The molecule has 0 saturated carbocycles. The predicted octanol–water partition coefficient (Wildman–Crippen LogP) is 2.75. The van der Waals surface area contributed by atoms with Gasteiger partial charge in [0.15, 0.2) is 5.65 Å². The Kier molecular flexibility index (Phi) is 5.01. The highest BCUT2D eigenvalue weighted by Crippen LogP contribution is 2.35. The summed E-state index contributed by atoms with van der Waals surface area (Å²) in [7, 11) is 0. The number of hydrogen-bond acceptors (Lipinski definition) is 5. The maximum atomic E-state index is 13.6. The fourth-order valence-corrected chi connectivity index (χ4v) is 3.55. The number of likely N-dealkylation sites (N-methyl/N-ethyl adjacent to an activating group) is 1. The highest BCUT2D eigenvalue weighted by molar-refractivity contribution is 5.92. The fourth-order valence-electron chi connectivity index (χ4n) is 3.55. The van der Waals surface area contributed by atoms with Crippen LogP contribution < -0.4 is 10.2 Å². The lowest BCUT2D eigenvalue weighted by molar-refractivity contribution is -0.116. The molecule has 1 fully saturated rings. The number of nitrogens with one attached hydrogen (secondary N) is 1. The van der Waals surface area contributed by atoms with Gasteiger partial charge in [-0.15, -0.1) is 0 Å². The molecule has 1 atom stereocenters. The van der Waals surface area contributed by atoms with Crippen LogP contribution in [0.4, 0.5) is 10.2 Å². The van der Waals surface area contributed by atoms with Gasteiger partial charge in [-0.2, -0.15) is 5.10 Å². The monoisotopic (exact) mass is 380 g/mol. The summed E-state index contributed by atoms with van der Waals surface area (Å²) in [6.07, 6.45) is 11.6. The molecule has 28 heavy (non-hydrogen) atoms. The summed E-state index contributed by atoms with van der Waals surface area (Å²) in [5.41, 5.74) is 2.28. The van der Waals surface area contributed by atoms with Crippen molar-refractivity contribution in [2.45, 2.75) is 25.8 Å². The lowest BCUT2D eigenvalue weighted by Crippen LogP contribution is -2.24. The summed E-state index contributed by atoms with van der Waals surface area (Å²) in [6.45, 7) is 3.28. The standard InChI is InChI=1S/C20H21FN6O/c1-2-23-19(28)6-5-14-12-24-27-9-7-18(25-20(14)27)26-8-3-4-17(26)15-10-16(21)13-22-11-15/h5-7,9-13,17H,2-4,8H2,1H3,(H,23,28). The SMILES string of the molecule is CCNC(=O)C=Cc1cnn2ccc(N3CCCC3c3cncc(F)c3)nc12. The average Bonchev–Trinajstić information content (AvgIpc) is 3.33. The van der Waals surface area contributed by atoms with Crippen LogP contribution in [0.5, 0.6) is 0 Å². The molecule has 7 nitrogen and oxygen atoms in total. The van der Waals surface area contributed by atoms with Gasteiger partial charge in [0.1, 0.15) is 11.6 Å². The number of carbonyl (C=O) groups is 1. The molecule has 3 aromatic heterocycles. The van der Waals surface area contributed by atoms with Gasteiger partial charge in [-0.3, -0.25) is 9.78 Å². The first-order valence-corrected chi connectivity index (χ1v) is 9.33. The maximum absolute atomic E-state index is 13.6.